The molecule has 1 fully saturated rings. The van der Waals surface area contributed by atoms with Crippen LogP contribution < -0.4 is 0 Å². The lowest BCUT2D eigenvalue weighted by Gasteiger charge is -2.22. The van der Waals surface area contributed by atoms with E-state index in [0.717, 1.165) is 19.6 Å². The Bertz CT molecular complexity index is 265. The van der Waals surface area contributed by atoms with Crippen molar-refractivity contribution < 1.29 is 9.47 Å². The second kappa shape index (κ2) is 14.3. The largest absolute Gasteiger partial charge is 0.353 e. The monoisotopic (exact) mass is 294 g/mol. The number of ether oxygens (including phenoxy) is 2. The first-order valence-electron chi connectivity index (χ1n) is 8.98. The third-order valence-electron chi connectivity index (χ3n) is 3.80. The van der Waals surface area contributed by atoms with Crippen molar-refractivity contribution in [3.8, 4) is 0 Å². The van der Waals surface area contributed by atoms with E-state index in [1.54, 1.807) is 0 Å². The Morgan fingerprint density at radius 3 is 2.48 bits per heavy atom. The molecule has 0 spiro atoms. The summed E-state index contributed by atoms with van der Waals surface area (Å²) in [5, 5.41) is 0. The van der Waals surface area contributed by atoms with Crippen LogP contribution in [-0.4, -0.2) is 19.5 Å². The SMILES string of the molecule is CCC/C=C\C=C\CCCCCCCOC1CCCCO1. The van der Waals surface area contributed by atoms with Crippen molar-refractivity contribution in [2.75, 3.05) is 13.2 Å². The molecule has 0 bridgehead atoms. The van der Waals surface area contributed by atoms with Crippen LogP contribution in [0.3, 0.4) is 0 Å². The van der Waals surface area contributed by atoms with Crippen LogP contribution >= 0.6 is 0 Å². The summed E-state index contributed by atoms with van der Waals surface area (Å²) in [5.74, 6) is 0. The summed E-state index contributed by atoms with van der Waals surface area (Å²) in [5.41, 5.74) is 0. The summed E-state index contributed by atoms with van der Waals surface area (Å²) in [6.45, 7) is 3.96. The Labute approximate surface area is 131 Å². The molecular weight excluding hydrogens is 260 g/mol. The van der Waals surface area contributed by atoms with E-state index >= 15 is 0 Å². The maximum atomic E-state index is 5.73. The van der Waals surface area contributed by atoms with Crippen molar-refractivity contribution in [2.24, 2.45) is 0 Å². The summed E-state index contributed by atoms with van der Waals surface area (Å²) in [6, 6.07) is 0. The second-order valence-electron chi connectivity index (χ2n) is 5.87. The molecule has 2 nitrogen and oxygen atoms in total. The summed E-state index contributed by atoms with van der Waals surface area (Å²) in [4.78, 5) is 0. The van der Waals surface area contributed by atoms with Gasteiger partial charge in [0.05, 0.1) is 0 Å². The fraction of sp³-hybridized carbons (Fsp3) is 0.789. The molecular formula is C19H34O2. The van der Waals surface area contributed by atoms with Crippen LogP contribution in [-0.2, 0) is 9.47 Å². The molecule has 1 aliphatic rings. The average Bonchev–Trinajstić information content (AvgIpc) is 2.53. The number of unbranched alkanes of at least 4 members (excludes halogenated alkanes) is 6. The molecule has 1 atom stereocenters. The van der Waals surface area contributed by atoms with Crippen LogP contribution in [0.1, 0.15) is 77.6 Å². The van der Waals surface area contributed by atoms with Crippen molar-refractivity contribution in [3.05, 3.63) is 24.3 Å². The van der Waals surface area contributed by atoms with Crippen molar-refractivity contribution >= 4 is 0 Å². The molecule has 0 aromatic carbocycles. The third-order valence-corrected chi connectivity index (χ3v) is 3.80. The normalized spacial score (nSPS) is 19.8. The first kappa shape index (κ1) is 18.4. The van der Waals surface area contributed by atoms with E-state index in [4.69, 9.17) is 9.47 Å². The van der Waals surface area contributed by atoms with E-state index in [1.165, 1.54) is 64.2 Å². The Morgan fingerprint density at radius 2 is 1.71 bits per heavy atom. The molecule has 0 saturated carbocycles. The second-order valence-corrected chi connectivity index (χ2v) is 5.87. The molecule has 0 aliphatic carbocycles. The van der Waals surface area contributed by atoms with E-state index in [9.17, 15) is 0 Å². The van der Waals surface area contributed by atoms with Crippen LogP contribution in [0, 0.1) is 0 Å². The minimum Gasteiger partial charge on any atom is -0.353 e. The number of rotatable bonds is 12. The third kappa shape index (κ3) is 11.7. The van der Waals surface area contributed by atoms with Gasteiger partial charge in [0.2, 0.25) is 0 Å². The highest BCUT2D eigenvalue weighted by Crippen LogP contribution is 2.14. The minimum atomic E-state index is 0.0876. The fourth-order valence-corrected chi connectivity index (χ4v) is 2.47. The van der Waals surface area contributed by atoms with Crippen molar-refractivity contribution in [1.82, 2.24) is 0 Å². The van der Waals surface area contributed by atoms with Gasteiger partial charge in [-0.15, -0.1) is 0 Å². The molecule has 1 heterocycles. The van der Waals surface area contributed by atoms with Gasteiger partial charge in [0.15, 0.2) is 6.29 Å². The molecule has 21 heavy (non-hydrogen) atoms. The van der Waals surface area contributed by atoms with Crippen LogP contribution in [0.5, 0.6) is 0 Å². The molecule has 1 rings (SSSR count). The summed E-state index contributed by atoms with van der Waals surface area (Å²) in [6.07, 6.45) is 22.6. The van der Waals surface area contributed by atoms with Gasteiger partial charge in [0.25, 0.3) is 0 Å². The average molecular weight is 294 g/mol. The minimum absolute atomic E-state index is 0.0876. The highest BCUT2D eigenvalue weighted by Gasteiger charge is 2.13. The van der Waals surface area contributed by atoms with Crippen molar-refractivity contribution in [3.63, 3.8) is 0 Å². The number of hydrogen-bond donors (Lipinski definition) is 0. The highest BCUT2D eigenvalue weighted by molar-refractivity contribution is 5.02. The zero-order valence-corrected chi connectivity index (χ0v) is 13.9. The lowest BCUT2D eigenvalue weighted by Crippen LogP contribution is -2.22. The molecule has 2 heteroatoms. The fourth-order valence-electron chi connectivity index (χ4n) is 2.47. The van der Waals surface area contributed by atoms with Gasteiger partial charge in [-0.05, 0) is 44.9 Å². The Balaban J connectivity index is 1.78. The molecule has 0 aromatic heterocycles. The Morgan fingerprint density at radius 1 is 0.952 bits per heavy atom. The van der Waals surface area contributed by atoms with Crippen LogP contribution in [0.15, 0.2) is 24.3 Å². The molecule has 1 saturated heterocycles. The van der Waals surface area contributed by atoms with Crippen LogP contribution in [0.4, 0.5) is 0 Å². The van der Waals surface area contributed by atoms with Gasteiger partial charge < -0.3 is 9.47 Å². The molecule has 1 aliphatic heterocycles. The molecule has 0 amide bonds. The maximum Gasteiger partial charge on any atom is 0.157 e. The standard InChI is InChI=1S/C19H34O2/c1-2-3-4-5-6-7-8-9-10-11-12-14-17-20-19-16-13-15-18-21-19/h4-7,19H,2-3,8-18H2,1H3/b5-4-,7-6+. The van der Waals surface area contributed by atoms with Gasteiger partial charge in [-0.3, -0.25) is 0 Å². The number of allylic oxidation sites excluding steroid dienone is 4. The van der Waals surface area contributed by atoms with Crippen LogP contribution in [0.2, 0.25) is 0 Å². The van der Waals surface area contributed by atoms with E-state index in [0.29, 0.717) is 0 Å². The van der Waals surface area contributed by atoms with Gasteiger partial charge in [-0.2, -0.15) is 0 Å². The van der Waals surface area contributed by atoms with E-state index in [2.05, 4.69) is 31.2 Å². The van der Waals surface area contributed by atoms with Crippen molar-refractivity contribution in [1.29, 1.82) is 0 Å². The smallest absolute Gasteiger partial charge is 0.157 e. The summed E-state index contributed by atoms with van der Waals surface area (Å²) in [7, 11) is 0. The Hall–Kier alpha value is -0.600. The zero-order valence-electron chi connectivity index (χ0n) is 13.9. The zero-order chi connectivity index (χ0) is 15.0. The van der Waals surface area contributed by atoms with Gasteiger partial charge in [-0.1, -0.05) is 56.9 Å². The van der Waals surface area contributed by atoms with Crippen molar-refractivity contribution in [2.45, 2.75) is 83.8 Å². The van der Waals surface area contributed by atoms with E-state index in [-0.39, 0.29) is 6.29 Å². The maximum absolute atomic E-state index is 5.73. The molecule has 122 valence electrons. The summed E-state index contributed by atoms with van der Waals surface area (Å²) >= 11 is 0. The Kier molecular flexibility index (Phi) is 12.6. The summed E-state index contributed by atoms with van der Waals surface area (Å²) < 4.78 is 11.3. The van der Waals surface area contributed by atoms with Crippen LogP contribution in [0.25, 0.3) is 0 Å². The predicted octanol–water partition coefficient (Wildman–Crippen LogP) is 5.78. The van der Waals surface area contributed by atoms with Gasteiger partial charge >= 0.3 is 0 Å². The van der Waals surface area contributed by atoms with E-state index < -0.39 is 0 Å². The van der Waals surface area contributed by atoms with Gasteiger partial charge in [0, 0.05) is 13.2 Å². The number of hydrogen-bond acceptors (Lipinski definition) is 2. The van der Waals surface area contributed by atoms with E-state index in [1.807, 2.05) is 0 Å². The van der Waals surface area contributed by atoms with Gasteiger partial charge in [0.1, 0.15) is 0 Å². The first-order chi connectivity index (χ1) is 10.4. The molecule has 0 aromatic rings. The quantitative estimate of drug-likeness (QED) is 0.335. The van der Waals surface area contributed by atoms with Gasteiger partial charge in [-0.25, -0.2) is 0 Å². The predicted molar refractivity (Wildman–Crippen MR) is 90.4 cm³/mol. The topological polar surface area (TPSA) is 18.5 Å². The highest BCUT2D eigenvalue weighted by atomic mass is 16.7. The molecule has 0 N–H and O–H groups in total. The molecule has 0 radical (unpaired) electrons. The lowest BCUT2D eigenvalue weighted by molar-refractivity contribution is -0.162. The first-order valence-corrected chi connectivity index (χ1v) is 8.98. The lowest BCUT2D eigenvalue weighted by atomic mass is 10.1. The molecule has 1 unspecified atom stereocenters.